The molecule has 6 unspecified atom stereocenters. The van der Waals surface area contributed by atoms with Gasteiger partial charge in [0, 0.05) is 32.1 Å². The zero-order valence-electron chi connectivity index (χ0n) is 32.2. The van der Waals surface area contributed by atoms with Crippen molar-refractivity contribution in [2.45, 2.75) is 93.6 Å². The number of nitrogens with two attached hydrogens (primary N) is 2. The monoisotopic (exact) mass is 835 g/mol. The van der Waals surface area contributed by atoms with Crippen molar-refractivity contribution in [2.24, 2.45) is 23.3 Å². The lowest BCUT2D eigenvalue weighted by molar-refractivity contribution is -0.325. The van der Waals surface area contributed by atoms with Gasteiger partial charge in [-0.05, 0) is 6.08 Å². The van der Waals surface area contributed by atoms with E-state index in [4.69, 9.17) is 69.4 Å². The minimum absolute atomic E-state index is 0.0247. The quantitative estimate of drug-likeness (QED) is 0.0448. The summed E-state index contributed by atoms with van der Waals surface area (Å²) >= 11 is 4.53. The highest BCUT2D eigenvalue weighted by Crippen LogP contribution is 2.31. The Bertz CT molecular complexity index is 1120. The first kappa shape index (κ1) is 52.0. The Balaban J connectivity index is 0.000000585. The molecule has 0 radical (unpaired) electrons. The number of halogens is 1. The fourth-order valence-electron chi connectivity index (χ4n) is 5.73. The van der Waals surface area contributed by atoms with Gasteiger partial charge < -0.3 is 94.3 Å². The average Bonchev–Trinajstić information content (AvgIpc) is 3.20. The van der Waals surface area contributed by atoms with Crippen LogP contribution in [-0.2, 0) is 56.5 Å². The van der Waals surface area contributed by atoms with Crippen LogP contribution in [0.3, 0.4) is 0 Å². The van der Waals surface area contributed by atoms with E-state index in [1.807, 2.05) is 6.92 Å². The maximum atomic E-state index is 11.9. The Morgan fingerprint density at radius 2 is 1.14 bits per heavy atom. The molecule has 0 spiro atoms. The maximum Gasteiger partial charge on any atom is 0.348 e. The summed E-state index contributed by atoms with van der Waals surface area (Å²) in [5.74, 6) is -1.70. The number of aliphatic hydroxyl groups is 6. The second kappa shape index (κ2) is 28.5. The van der Waals surface area contributed by atoms with Gasteiger partial charge in [0.25, 0.3) is 0 Å². The van der Waals surface area contributed by atoms with Gasteiger partial charge in [0.05, 0.1) is 96.0 Å². The van der Waals surface area contributed by atoms with Crippen LogP contribution in [0.25, 0.3) is 0 Å². The summed E-state index contributed by atoms with van der Waals surface area (Å²) in [5, 5.41) is 60.8. The number of carbonyl (C=O) groups excluding carboxylic acids is 2. The number of carbonyl (C=O) groups is 2. The van der Waals surface area contributed by atoms with Gasteiger partial charge in [-0.3, -0.25) is 4.79 Å². The lowest BCUT2D eigenvalue weighted by atomic mass is 9.89. The van der Waals surface area contributed by atoms with Crippen LogP contribution in [0.1, 0.15) is 13.8 Å². The van der Waals surface area contributed by atoms with E-state index in [9.17, 15) is 24.9 Å². The molecule has 0 aliphatic carbocycles. The van der Waals surface area contributed by atoms with Crippen LogP contribution in [0.15, 0.2) is 25.3 Å². The zero-order valence-corrected chi connectivity index (χ0v) is 33.0. The molecule has 11 N–H and O–H groups in total. The average molecular weight is 836 g/mol. The van der Waals surface area contributed by atoms with Crippen LogP contribution in [0.4, 0.5) is 0 Å². The molecule has 3 heterocycles. The van der Waals surface area contributed by atoms with E-state index < -0.39 is 85.5 Å². The van der Waals surface area contributed by atoms with Crippen molar-refractivity contribution in [2.75, 3.05) is 73.7 Å². The fourth-order valence-corrected chi connectivity index (χ4v) is 5.80. The van der Waals surface area contributed by atoms with Gasteiger partial charge in [0.15, 0.2) is 18.9 Å². The minimum atomic E-state index is -1.35. The second-order valence-corrected chi connectivity index (χ2v) is 12.9. The van der Waals surface area contributed by atoms with Crippen LogP contribution in [0.2, 0.25) is 0 Å². The number of rotatable bonds is 19. The third-order valence-corrected chi connectivity index (χ3v) is 9.16. The van der Waals surface area contributed by atoms with Crippen molar-refractivity contribution in [3.63, 3.8) is 0 Å². The lowest BCUT2D eigenvalue weighted by Crippen LogP contribution is -2.67. The summed E-state index contributed by atoms with van der Waals surface area (Å²) < 4.78 is 53.3. The maximum absolute atomic E-state index is 11.9. The Morgan fingerprint density at radius 3 is 1.54 bits per heavy atom. The number of methoxy groups -OCH3 is 2. The Kier molecular flexibility index (Phi) is 26.4. The molecule has 0 aromatic heterocycles. The molecule has 0 saturated carbocycles. The van der Waals surface area contributed by atoms with Crippen molar-refractivity contribution in [3.8, 4) is 0 Å². The van der Waals surface area contributed by atoms with Crippen LogP contribution in [0.5, 0.6) is 0 Å². The highest BCUT2D eigenvalue weighted by atomic mass is 35.5. The Hall–Kier alpha value is -1.97. The van der Waals surface area contributed by atoms with Crippen molar-refractivity contribution in [1.29, 1.82) is 0 Å². The number of aliphatic hydroxyl groups excluding tert-OH is 6. The lowest BCUT2D eigenvalue weighted by Gasteiger charge is -2.48. The largest absolute Gasteiger partial charge is 0.394 e. The van der Waals surface area contributed by atoms with E-state index in [2.05, 4.69) is 34.6 Å². The molecule has 0 aromatic carbocycles. The third kappa shape index (κ3) is 16.4. The highest BCUT2D eigenvalue weighted by Gasteiger charge is 2.50. The standard InChI is InChI=1S/C21H38N2O11.C10H21NO5.C3H3ClO2/c1-4-14(26)23-16-18(28)19(13(10-31-8-6-25)33-21(16)29-3)34-20-15(22)17(27)11(2)12(32-20)9-30-7-5-24;1-6-7(5-15-4-3-12)16-10(14-2)8(11)9(6)13;1-2-3(5)6-4/h4,11-13,15-21,24-25,27-28H,1,5-10,22H2,2-3H3,(H,23,26);6-10,12-13H,3-5,11H2,1-2H3;2H,1H2/t11-,12?,13?,15?,16?,17+,18-,19-,20+,21-;6-,7?,8?,9+,10-;/m11./s1. The molecule has 15 atom stereocenters. The molecular weight excluding hydrogens is 774 g/mol. The first-order valence-electron chi connectivity index (χ1n) is 17.9. The van der Waals surface area contributed by atoms with E-state index in [-0.39, 0.29) is 70.8 Å². The summed E-state index contributed by atoms with van der Waals surface area (Å²) in [6, 6.07) is -2.53. The van der Waals surface area contributed by atoms with Gasteiger partial charge in [0.1, 0.15) is 36.2 Å². The minimum Gasteiger partial charge on any atom is -0.394 e. The van der Waals surface area contributed by atoms with E-state index in [0.29, 0.717) is 6.61 Å². The van der Waals surface area contributed by atoms with Crippen LogP contribution >= 0.6 is 11.9 Å². The predicted molar refractivity (Wildman–Crippen MR) is 195 cm³/mol. The normalized spacial score (nSPS) is 35.5. The molecule has 3 fully saturated rings. The van der Waals surface area contributed by atoms with Crippen LogP contribution < -0.4 is 16.8 Å². The zero-order chi connectivity index (χ0) is 42.4. The number of amides is 1. The first-order valence-corrected chi connectivity index (χ1v) is 18.2. The molecular formula is C34H62ClN3O18. The molecule has 0 bridgehead atoms. The molecule has 3 aliphatic rings. The Morgan fingerprint density at radius 1 is 0.714 bits per heavy atom. The number of hydrogen-bond acceptors (Lipinski definition) is 20. The van der Waals surface area contributed by atoms with Gasteiger partial charge in [-0.15, -0.1) is 0 Å². The summed E-state index contributed by atoms with van der Waals surface area (Å²) in [6.07, 6.45) is -6.69. The molecule has 1 amide bonds. The molecule has 3 rings (SSSR count). The van der Waals surface area contributed by atoms with Crippen molar-refractivity contribution in [1.82, 2.24) is 5.32 Å². The molecule has 22 heteroatoms. The van der Waals surface area contributed by atoms with Crippen molar-refractivity contribution >= 4 is 23.7 Å². The van der Waals surface area contributed by atoms with E-state index >= 15 is 0 Å². The Labute approximate surface area is 331 Å². The van der Waals surface area contributed by atoms with Gasteiger partial charge in [-0.2, -0.15) is 0 Å². The van der Waals surface area contributed by atoms with Gasteiger partial charge in [-0.1, -0.05) is 27.0 Å². The second-order valence-electron chi connectivity index (χ2n) is 12.8. The predicted octanol–water partition coefficient (Wildman–Crippen LogP) is -3.60. The number of ether oxygens (including phenoxy) is 9. The molecule has 3 aliphatic heterocycles. The van der Waals surface area contributed by atoms with Gasteiger partial charge >= 0.3 is 5.97 Å². The highest BCUT2D eigenvalue weighted by molar-refractivity contribution is 6.14. The molecule has 3 saturated heterocycles. The van der Waals surface area contributed by atoms with E-state index in [1.54, 1.807) is 6.92 Å². The van der Waals surface area contributed by atoms with E-state index in [1.165, 1.54) is 14.2 Å². The smallest absolute Gasteiger partial charge is 0.348 e. The molecule has 328 valence electrons. The summed E-state index contributed by atoms with van der Waals surface area (Å²) in [4.78, 5) is 21.6. The van der Waals surface area contributed by atoms with Gasteiger partial charge in [-0.25, -0.2) is 4.79 Å². The third-order valence-electron chi connectivity index (χ3n) is 9.00. The fraction of sp³-hybridized carbons (Fsp3) is 0.824. The number of hydrogen-bond donors (Lipinski definition) is 9. The summed E-state index contributed by atoms with van der Waals surface area (Å²) in [5.41, 5.74) is 11.9. The van der Waals surface area contributed by atoms with Crippen molar-refractivity contribution < 1.29 is 87.1 Å². The van der Waals surface area contributed by atoms with E-state index in [0.717, 1.165) is 12.2 Å². The number of nitrogens with one attached hydrogen (secondary N) is 1. The van der Waals surface area contributed by atoms with Crippen LogP contribution in [-0.4, -0.2) is 196 Å². The SMILES string of the molecule is C=CC(=O)NC1[C@H](OC)OC(COCCO)[C@@H](O[C@@H]2OC(COCCO)[C@@H](C)[C@H](O)C2N)[C@@H]1O.C=CC(=O)OCl.CO[C@@H]1OC(COCCO)[C@@H](C)[C@H](O)C1N. The van der Waals surface area contributed by atoms with Crippen LogP contribution in [0, 0.1) is 11.8 Å². The summed E-state index contributed by atoms with van der Waals surface area (Å²) in [7, 11) is 2.84. The summed E-state index contributed by atoms with van der Waals surface area (Å²) in [6.45, 7) is 10.4. The topological polar surface area (TPSA) is 312 Å². The van der Waals surface area contributed by atoms with Gasteiger partial charge in [0.2, 0.25) is 5.91 Å². The molecule has 0 aromatic rings. The molecule has 56 heavy (non-hydrogen) atoms. The van der Waals surface area contributed by atoms with Crippen molar-refractivity contribution in [3.05, 3.63) is 25.3 Å². The molecule has 21 nitrogen and oxygen atoms in total. The first-order chi connectivity index (χ1) is 26.7.